The molecule has 27 heavy (non-hydrogen) atoms. The number of anilines is 1. The molecule has 1 amide bonds. The van der Waals surface area contributed by atoms with Crippen LogP contribution >= 0.6 is 11.3 Å². The van der Waals surface area contributed by atoms with Crippen LogP contribution in [0.1, 0.15) is 50.3 Å². The van der Waals surface area contributed by atoms with E-state index < -0.39 is 24.5 Å². The number of carbonyl (C=O) groups excluding carboxylic acids is 3. The lowest BCUT2D eigenvalue weighted by Crippen LogP contribution is -2.22. The maximum absolute atomic E-state index is 12.3. The van der Waals surface area contributed by atoms with Crippen LogP contribution in [-0.4, -0.2) is 31.6 Å². The Labute approximate surface area is 160 Å². The van der Waals surface area contributed by atoms with E-state index in [2.05, 4.69) is 12.2 Å². The zero-order chi connectivity index (χ0) is 19.6. The smallest absolute Gasteiger partial charge is 0.342 e. The fraction of sp³-hybridized carbons (Fsp3) is 0.421. The van der Waals surface area contributed by atoms with Crippen molar-refractivity contribution in [1.82, 2.24) is 0 Å². The number of rotatable bonds is 5. The van der Waals surface area contributed by atoms with E-state index in [0.29, 0.717) is 22.2 Å². The van der Waals surface area contributed by atoms with Gasteiger partial charge in [-0.3, -0.25) is 4.79 Å². The van der Waals surface area contributed by atoms with Crippen molar-refractivity contribution in [3.05, 3.63) is 39.7 Å². The molecular formula is C19H21NO6S. The van der Waals surface area contributed by atoms with Gasteiger partial charge in [-0.15, -0.1) is 11.3 Å². The summed E-state index contributed by atoms with van der Waals surface area (Å²) in [7, 11) is 1.32. The van der Waals surface area contributed by atoms with Gasteiger partial charge in [-0.1, -0.05) is 6.92 Å². The molecule has 0 radical (unpaired) electrons. The van der Waals surface area contributed by atoms with Crippen LogP contribution in [-0.2, 0) is 27.1 Å². The van der Waals surface area contributed by atoms with Gasteiger partial charge in [-0.2, -0.15) is 0 Å². The molecule has 1 aliphatic rings. The summed E-state index contributed by atoms with van der Waals surface area (Å²) in [4.78, 5) is 37.5. The lowest BCUT2D eigenvalue weighted by atomic mass is 9.88. The third-order valence-electron chi connectivity index (χ3n) is 4.57. The third-order valence-corrected chi connectivity index (χ3v) is 5.74. The van der Waals surface area contributed by atoms with Gasteiger partial charge in [-0.25, -0.2) is 9.59 Å². The van der Waals surface area contributed by atoms with Gasteiger partial charge in [0.25, 0.3) is 5.91 Å². The molecule has 0 spiro atoms. The highest BCUT2D eigenvalue weighted by Crippen LogP contribution is 2.40. The number of methoxy groups -OCH3 is 1. The molecule has 1 N–H and O–H groups in total. The Kier molecular flexibility index (Phi) is 5.65. The first-order chi connectivity index (χ1) is 12.9. The predicted octanol–water partition coefficient (Wildman–Crippen LogP) is 3.36. The molecule has 7 nitrogen and oxygen atoms in total. The summed E-state index contributed by atoms with van der Waals surface area (Å²) < 4.78 is 15.0. The minimum atomic E-state index is -0.635. The number of ether oxygens (including phenoxy) is 2. The lowest BCUT2D eigenvalue weighted by molar-refractivity contribution is -0.119. The van der Waals surface area contributed by atoms with Crippen LogP contribution in [0.3, 0.4) is 0 Å². The molecular weight excluding hydrogens is 370 g/mol. The van der Waals surface area contributed by atoms with E-state index in [0.717, 1.165) is 29.7 Å². The number of nitrogens with one attached hydrogen (secondary N) is 1. The normalized spacial score (nSPS) is 15.7. The monoisotopic (exact) mass is 391 g/mol. The van der Waals surface area contributed by atoms with Gasteiger partial charge in [0.15, 0.2) is 6.61 Å². The number of aryl methyl sites for hydroxylation is 1. The molecule has 2 heterocycles. The predicted molar refractivity (Wildman–Crippen MR) is 99.2 cm³/mol. The van der Waals surface area contributed by atoms with Crippen LogP contribution in [0.15, 0.2) is 16.7 Å². The van der Waals surface area contributed by atoms with Crippen molar-refractivity contribution >= 4 is 34.2 Å². The maximum Gasteiger partial charge on any atom is 0.342 e. The van der Waals surface area contributed by atoms with Gasteiger partial charge >= 0.3 is 11.9 Å². The second-order valence-electron chi connectivity index (χ2n) is 6.56. The molecule has 0 unspecified atom stereocenters. The summed E-state index contributed by atoms with van der Waals surface area (Å²) in [5.41, 5.74) is 1.64. The van der Waals surface area contributed by atoms with Crippen LogP contribution in [0, 0.1) is 12.8 Å². The maximum atomic E-state index is 12.3. The quantitative estimate of drug-likeness (QED) is 0.786. The summed E-state index contributed by atoms with van der Waals surface area (Å²) in [6, 6.07) is 1.49. The zero-order valence-electron chi connectivity index (χ0n) is 15.4. The Morgan fingerprint density at radius 2 is 2.11 bits per heavy atom. The molecule has 2 aromatic rings. The average molecular weight is 391 g/mol. The molecule has 1 atom stereocenters. The zero-order valence-corrected chi connectivity index (χ0v) is 16.2. The number of amides is 1. The van der Waals surface area contributed by atoms with E-state index in [-0.39, 0.29) is 5.56 Å². The lowest BCUT2D eigenvalue weighted by Gasteiger charge is -2.18. The highest BCUT2D eigenvalue weighted by atomic mass is 32.1. The highest BCUT2D eigenvalue weighted by Gasteiger charge is 2.29. The molecule has 3 rings (SSSR count). The Bertz CT molecular complexity index is 881. The van der Waals surface area contributed by atoms with Crippen molar-refractivity contribution in [2.24, 2.45) is 5.92 Å². The van der Waals surface area contributed by atoms with Crippen LogP contribution in [0.4, 0.5) is 5.00 Å². The summed E-state index contributed by atoms with van der Waals surface area (Å²) in [6.45, 7) is 3.34. The fourth-order valence-electron chi connectivity index (χ4n) is 3.13. The first kappa shape index (κ1) is 19.2. The van der Waals surface area contributed by atoms with E-state index in [1.165, 1.54) is 30.8 Å². The SMILES string of the molecule is COC(=O)c1c(NC(=O)COC(=O)c2ccoc2C)sc2c1CC[C@@H](C)C2. The summed E-state index contributed by atoms with van der Waals surface area (Å²) >= 11 is 1.38. The van der Waals surface area contributed by atoms with Crippen LogP contribution in [0.5, 0.6) is 0 Å². The molecule has 0 saturated heterocycles. The summed E-state index contributed by atoms with van der Waals surface area (Å²) in [5, 5.41) is 3.14. The summed E-state index contributed by atoms with van der Waals surface area (Å²) in [6.07, 6.45) is 4.02. The second kappa shape index (κ2) is 7.96. The fourth-order valence-corrected chi connectivity index (χ4v) is 4.54. The number of fused-ring (bicyclic) bond motifs is 1. The average Bonchev–Trinajstić information content (AvgIpc) is 3.21. The van der Waals surface area contributed by atoms with Crippen molar-refractivity contribution < 1.29 is 28.3 Å². The molecule has 0 bridgehead atoms. The van der Waals surface area contributed by atoms with Crippen LogP contribution in [0.2, 0.25) is 0 Å². The molecule has 144 valence electrons. The van der Waals surface area contributed by atoms with Crippen molar-refractivity contribution in [3.8, 4) is 0 Å². The largest absolute Gasteiger partial charge is 0.469 e. The first-order valence-corrected chi connectivity index (χ1v) is 9.46. The standard InChI is InChI=1S/C19H21NO6S/c1-10-4-5-13-14(8-10)27-17(16(13)19(23)24-3)20-15(21)9-26-18(22)12-6-7-25-11(12)2/h6-7,10H,4-5,8-9H2,1-3H3,(H,20,21)/t10-/m1/s1. The molecule has 0 aromatic carbocycles. The molecule has 0 fully saturated rings. The van der Waals surface area contributed by atoms with E-state index in [1.54, 1.807) is 6.92 Å². The van der Waals surface area contributed by atoms with Crippen molar-refractivity contribution in [2.75, 3.05) is 19.0 Å². The van der Waals surface area contributed by atoms with Crippen LogP contribution < -0.4 is 5.32 Å². The minimum absolute atomic E-state index is 0.277. The van der Waals surface area contributed by atoms with E-state index >= 15 is 0 Å². The molecule has 1 aliphatic carbocycles. The van der Waals surface area contributed by atoms with E-state index in [9.17, 15) is 14.4 Å². The Balaban J connectivity index is 1.71. The number of thiophene rings is 1. The Hall–Kier alpha value is -2.61. The Morgan fingerprint density at radius 1 is 1.33 bits per heavy atom. The van der Waals surface area contributed by atoms with Gasteiger partial charge in [-0.05, 0) is 43.7 Å². The van der Waals surface area contributed by atoms with E-state index in [4.69, 9.17) is 13.9 Å². The number of hydrogen-bond donors (Lipinski definition) is 1. The number of hydrogen-bond acceptors (Lipinski definition) is 7. The van der Waals surface area contributed by atoms with Crippen LogP contribution in [0.25, 0.3) is 0 Å². The Morgan fingerprint density at radius 3 is 2.78 bits per heavy atom. The van der Waals surface area contributed by atoms with Gasteiger partial charge in [0.2, 0.25) is 0 Å². The molecule has 0 aliphatic heterocycles. The van der Waals surface area contributed by atoms with Gasteiger partial charge in [0, 0.05) is 4.88 Å². The number of carbonyl (C=O) groups is 3. The molecule has 8 heteroatoms. The second-order valence-corrected chi connectivity index (χ2v) is 7.67. The van der Waals surface area contributed by atoms with Crippen molar-refractivity contribution in [3.63, 3.8) is 0 Å². The minimum Gasteiger partial charge on any atom is -0.469 e. The topological polar surface area (TPSA) is 94.8 Å². The van der Waals surface area contributed by atoms with Gasteiger partial charge in [0.05, 0.1) is 18.9 Å². The van der Waals surface area contributed by atoms with E-state index in [1.807, 2.05) is 0 Å². The first-order valence-electron chi connectivity index (χ1n) is 8.64. The molecule has 2 aromatic heterocycles. The highest BCUT2D eigenvalue weighted by molar-refractivity contribution is 7.17. The van der Waals surface area contributed by atoms with Gasteiger partial charge < -0.3 is 19.2 Å². The number of esters is 2. The summed E-state index contributed by atoms with van der Waals surface area (Å²) in [5.74, 6) is -0.661. The van der Waals surface area contributed by atoms with Crippen molar-refractivity contribution in [1.29, 1.82) is 0 Å². The van der Waals surface area contributed by atoms with Crippen molar-refractivity contribution in [2.45, 2.75) is 33.1 Å². The molecule has 0 saturated carbocycles. The van der Waals surface area contributed by atoms with Gasteiger partial charge in [0.1, 0.15) is 16.3 Å². The number of furan rings is 1. The third kappa shape index (κ3) is 4.05.